The fraction of sp³-hybridized carbons (Fsp3) is 1.00. The summed E-state index contributed by atoms with van der Waals surface area (Å²) in [6.07, 6.45) is 16.4. The van der Waals surface area contributed by atoms with Crippen LogP contribution < -0.4 is 0 Å². The largest absolute Gasteiger partial charge is 0.0654 e. The minimum atomic E-state index is 0.894. The molecule has 1 fully saturated rings. The van der Waals surface area contributed by atoms with Gasteiger partial charge < -0.3 is 0 Å². The van der Waals surface area contributed by atoms with Crippen LogP contribution in [0, 0.1) is 17.8 Å². The molecule has 1 aliphatic carbocycles. The SMILES string of the molecule is CCCCC(CCC(C)C)CC1CCCCC1. The minimum absolute atomic E-state index is 0.894. The van der Waals surface area contributed by atoms with Gasteiger partial charge in [-0.2, -0.15) is 0 Å². The van der Waals surface area contributed by atoms with Crippen LogP contribution in [0.2, 0.25) is 0 Å². The molecular weight excluding hydrogens is 204 g/mol. The average molecular weight is 238 g/mol. The molecule has 0 radical (unpaired) electrons. The molecule has 0 aliphatic heterocycles. The Morgan fingerprint density at radius 1 is 0.941 bits per heavy atom. The van der Waals surface area contributed by atoms with E-state index in [0.717, 1.165) is 17.8 Å². The second-order valence-electron chi connectivity index (χ2n) is 6.72. The molecule has 0 aromatic rings. The summed E-state index contributed by atoms with van der Waals surface area (Å²) in [6.45, 7) is 7.08. The number of rotatable bonds is 8. The van der Waals surface area contributed by atoms with Crippen LogP contribution in [0.4, 0.5) is 0 Å². The molecule has 0 heteroatoms. The Morgan fingerprint density at radius 2 is 1.65 bits per heavy atom. The van der Waals surface area contributed by atoms with E-state index in [2.05, 4.69) is 20.8 Å². The zero-order chi connectivity index (χ0) is 12.5. The van der Waals surface area contributed by atoms with E-state index in [1.54, 1.807) is 6.42 Å². The zero-order valence-corrected chi connectivity index (χ0v) is 12.5. The first-order valence-corrected chi connectivity index (χ1v) is 8.22. The van der Waals surface area contributed by atoms with Crippen LogP contribution >= 0.6 is 0 Å². The second kappa shape index (κ2) is 9.00. The van der Waals surface area contributed by atoms with Gasteiger partial charge in [0.25, 0.3) is 0 Å². The van der Waals surface area contributed by atoms with Gasteiger partial charge in [0.05, 0.1) is 0 Å². The summed E-state index contributed by atoms with van der Waals surface area (Å²) in [7, 11) is 0. The van der Waals surface area contributed by atoms with E-state index in [9.17, 15) is 0 Å². The van der Waals surface area contributed by atoms with E-state index in [1.165, 1.54) is 64.2 Å². The monoisotopic (exact) mass is 238 g/mol. The molecule has 0 nitrogen and oxygen atoms in total. The molecule has 0 aromatic carbocycles. The number of unbranched alkanes of at least 4 members (excludes halogenated alkanes) is 1. The quantitative estimate of drug-likeness (QED) is 0.472. The van der Waals surface area contributed by atoms with E-state index in [1.807, 2.05) is 0 Å². The van der Waals surface area contributed by atoms with Crippen molar-refractivity contribution in [2.24, 2.45) is 17.8 Å². The van der Waals surface area contributed by atoms with Gasteiger partial charge in [-0.1, -0.05) is 85.0 Å². The Hall–Kier alpha value is 0. The van der Waals surface area contributed by atoms with Crippen LogP contribution in [-0.4, -0.2) is 0 Å². The van der Waals surface area contributed by atoms with Crippen molar-refractivity contribution in [2.75, 3.05) is 0 Å². The highest BCUT2D eigenvalue weighted by Crippen LogP contribution is 2.33. The smallest absolute Gasteiger partial charge is 0.0412 e. The van der Waals surface area contributed by atoms with Crippen molar-refractivity contribution in [1.29, 1.82) is 0 Å². The molecule has 0 saturated heterocycles. The highest BCUT2D eigenvalue weighted by atomic mass is 14.2. The molecule has 0 heterocycles. The summed E-state index contributed by atoms with van der Waals surface area (Å²) in [4.78, 5) is 0. The van der Waals surface area contributed by atoms with Gasteiger partial charge in [-0.3, -0.25) is 0 Å². The minimum Gasteiger partial charge on any atom is -0.0654 e. The summed E-state index contributed by atoms with van der Waals surface area (Å²) in [5.74, 6) is 3.02. The Bertz CT molecular complexity index is 165. The van der Waals surface area contributed by atoms with E-state index < -0.39 is 0 Å². The van der Waals surface area contributed by atoms with Crippen LogP contribution in [-0.2, 0) is 0 Å². The lowest BCUT2D eigenvalue weighted by atomic mass is 9.79. The lowest BCUT2D eigenvalue weighted by molar-refractivity contribution is 0.258. The third kappa shape index (κ3) is 7.11. The summed E-state index contributed by atoms with van der Waals surface area (Å²) in [6, 6.07) is 0. The molecule has 1 atom stereocenters. The Kier molecular flexibility index (Phi) is 7.97. The maximum Gasteiger partial charge on any atom is -0.0412 e. The number of hydrogen-bond acceptors (Lipinski definition) is 0. The Morgan fingerprint density at radius 3 is 2.24 bits per heavy atom. The van der Waals surface area contributed by atoms with Crippen molar-refractivity contribution < 1.29 is 0 Å². The van der Waals surface area contributed by atoms with Gasteiger partial charge in [-0.15, -0.1) is 0 Å². The third-order valence-electron chi connectivity index (χ3n) is 4.51. The van der Waals surface area contributed by atoms with Gasteiger partial charge in [0.2, 0.25) is 0 Å². The van der Waals surface area contributed by atoms with Gasteiger partial charge in [-0.05, 0) is 24.2 Å². The van der Waals surface area contributed by atoms with E-state index in [0.29, 0.717) is 0 Å². The van der Waals surface area contributed by atoms with E-state index >= 15 is 0 Å². The van der Waals surface area contributed by atoms with Crippen LogP contribution in [0.5, 0.6) is 0 Å². The molecule has 0 amide bonds. The lowest BCUT2D eigenvalue weighted by Crippen LogP contribution is -2.13. The van der Waals surface area contributed by atoms with Gasteiger partial charge >= 0.3 is 0 Å². The molecule has 0 aromatic heterocycles. The normalized spacial score (nSPS) is 19.8. The molecule has 0 spiro atoms. The van der Waals surface area contributed by atoms with Crippen LogP contribution in [0.3, 0.4) is 0 Å². The van der Waals surface area contributed by atoms with E-state index in [4.69, 9.17) is 0 Å². The molecule has 17 heavy (non-hydrogen) atoms. The van der Waals surface area contributed by atoms with E-state index in [-0.39, 0.29) is 0 Å². The summed E-state index contributed by atoms with van der Waals surface area (Å²) >= 11 is 0. The van der Waals surface area contributed by atoms with Crippen molar-refractivity contribution in [2.45, 2.75) is 91.4 Å². The molecule has 102 valence electrons. The first-order valence-electron chi connectivity index (χ1n) is 8.22. The summed E-state index contributed by atoms with van der Waals surface area (Å²) < 4.78 is 0. The Balaban J connectivity index is 2.27. The highest BCUT2D eigenvalue weighted by molar-refractivity contribution is 4.71. The number of hydrogen-bond donors (Lipinski definition) is 0. The van der Waals surface area contributed by atoms with Crippen molar-refractivity contribution in [3.63, 3.8) is 0 Å². The predicted octanol–water partition coefficient (Wildman–Crippen LogP) is 6.20. The van der Waals surface area contributed by atoms with Crippen molar-refractivity contribution in [3.05, 3.63) is 0 Å². The third-order valence-corrected chi connectivity index (χ3v) is 4.51. The van der Waals surface area contributed by atoms with Crippen molar-refractivity contribution >= 4 is 0 Å². The fourth-order valence-electron chi connectivity index (χ4n) is 3.34. The molecule has 0 bridgehead atoms. The van der Waals surface area contributed by atoms with Crippen LogP contribution in [0.15, 0.2) is 0 Å². The lowest BCUT2D eigenvalue weighted by Gasteiger charge is -2.27. The summed E-state index contributed by atoms with van der Waals surface area (Å²) in [5.41, 5.74) is 0. The maximum atomic E-state index is 2.37. The zero-order valence-electron chi connectivity index (χ0n) is 12.5. The van der Waals surface area contributed by atoms with Gasteiger partial charge in [0, 0.05) is 0 Å². The molecule has 1 unspecified atom stereocenters. The first-order chi connectivity index (χ1) is 8.22. The van der Waals surface area contributed by atoms with Crippen molar-refractivity contribution in [3.8, 4) is 0 Å². The molecule has 1 rings (SSSR count). The highest BCUT2D eigenvalue weighted by Gasteiger charge is 2.18. The van der Waals surface area contributed by atoms with Gasteiger partial charge in [0.1, 0.15) is 0 Å². The molecule has 0 N–H and O–H groups in total. The fourth-order valence-corrected chi connectivity index (χ4v) is 3.34. The van der Waals surface area contributed by atoms with Crippen LogP contribution in [0.25, 0.3) is 0 Å². The molecular formula is C17H34. The average Bonchev–Trinajstić information content (AvgIpc) is 2.34. The van der Waals surface area contributed by atoms with Crippen molar-refractivity contribution in [1.82, 2.24) is 0 Å². The Labute approximate surface area is 110 Å². The maximum absolute atomic E-state index is 2.37. The molecule has 1 saturated carbocycles. The van der Waals surface area contributed by atoms with Gasteiger partial charge in [-0.25, -0.2) is 0 Å². The summed E-state index contributed by atoms with van der Waals surface area (Å²) in [5, 5.41) is 0. The standard InChI is InChI=1S/C17H34/c1-4-5-9-17(13-12-15(2)3)14-16-10-7-6-8-11-16/h15-17H,4-14H2,1-3H3. The molecule has 1 aliphatic rings. The van der Waals surface area contributed by atoms with Gasteiger partial charge in [0.15, 0.2) is 0 Å². The topological polar surface area (TPSA) is 0 Å². The second-order valence-corrected chi connectivity index (χ2v) is 6.72. The first kappa shape index (κ1) is 15.1. The van der Waals surface area contributed by atoms with Crippen LogP contribution in [0.1, 0.15) is 91.4 Å². The predicted molar refractivity (Wildman–Crippen MR) is 78.3 cm³/mol.